The summed E-state index contributed by atoms with van der Waals surface area (Å²) in [5.74, 6) is 0.423. The second kappa shape index (κ2) is 6.97. The first-order valence-electron chi connectivity index (χ1n) is 8.45. The molecule has 2 aromatic heterocycles. The highest BCUT2D eigenvalue weighted by atomic mass is 32.2. The van der Waals surface area contributed by atoms with Crippen LogP contribution in [0.4, 0.5) is 5.82 Å². The number of rotatable bonds is 7. The molecule has 25 heavy (non-hydrogen) atoms. The highest BCUT2D eigenvalue weighted by molar-refractivity contribution is 7.89. The minimum atomic E-state index is -3.42. The predicted molar refractivity (Wildman–Crippen MR) is 101 cm³/mol. The number of sulfonamides is 1. The molecule has 0 radical (unpaired) electrons. The molecule has 0 aliphatic rings. The van der Waals surface area contributed by atoms with Gasteiger partial charge in [-0.1, -0.05) is 25.1 Å². The normalized spacial score (nSPS) is 12.2. The van der Waals surface area contributed by atoms with E-state index in [1.54, 1.807) is 0 Å². The summed E-state index contributed by atoms with van der Waals surface area (Å²) in [6, 6.07) is 7.87. The fourth-order valence-electron chi connectivity index (χ4n) is 3.17. The maximum atomic E-state index is 11.1. The van der Waals surface area contributed by atoms with Crippen molar-refractivity contribution in [2.75, 3.05) is 11.5 Å². The van der Waals surface area contributed by atoms with Crippen molar-refractivity contribution in [3.05, 3.63) is 30.0 Å². The van der Waals surface area contributed by atoms with Gasteiger partial charge in [-0.2, -0.15) is 5.10 Å². The van der Waals surface area contributed by atoms with E-state index in [0.717, 1.165) is 47.8 Å². The molecule has 0 saturated carbocycles. The molecule has 134 valence electrons. The Labute approximate surface area is 147 Å². The molecule has 0 unspecified atom stereocenters. The lowest BCUT2D eigenvalue weighted by atomic mass is 10.1. The van der Waals surface area contributed by atoms with Crippen LogP contribution in [0.2, 0.25) is 0 Å². The molecule has 2 heterocycles. The van der Waals surface area contributed by atoms with Crippen LogP contribution in [0.15, 0.2) is 24.3 Å². The number of pyridine rings is 1. The molecule has 0 saturated heterocycles. The predicted octanol–water partition coefficient (Wildman–Crippen LogP) is 2.19. The second-order valence-electron chi connectivity index (χ2n) is 6.23. The number of fused-ring (bicyclic) bond motifs is 3. The van der Waals surface area contributed by atoms with Gasteiger partial charge < -0.3 is 5.73 Å². The van der Waals surface area contributed by atoms with Crippen LogP contribution in [-0.2, 0) is 23.0 Å². The zero-order valence-electron chi connectivity index (χ0n) is 14.3. The Kier molecular flexibility index (Phi) is 4.91. The number of benzene rings is 1. The third-order valence-corrected chi connectivity index (χ3v) is 5.10. The molecule has 8 heteroatoms. The van der Waals surface area contributed by atoms with Gasteiger partial charge in [0.05, 0.1) is 11.3 Å². The molecule has 0 atom stereocenters. The van der Waals surface area contributed by atoms with Crippen molar-refractivity contribution in [2.24, 2.45) is 5.14 Å². The molecule has 4 N–H and O–H groups in total. The molecule has 0 fully saturated rings. The summed E-state index contributed by atoms with van der Waals surface area (Å²) in [5, 5.41) is 11.8. The maximum absolute atomic E-state index is 11.1. The van der Waals surface area contributed by atoms with Crippen LogP contribution in [0, 0.1) is 0 Å². The monoisotopic (exact) mass is 361 g/mol. The standard InChI is InChI=1S/C17H23N5O2S/c1-2-10-22-14(9-5-6-11-25(19,23)24)15-12-7-3-4-8-13(12)20-17(18)16(15)21-22/h3-4,7-8H,2,5-6,9-11H2,1H3,(H2,18,20)(H2,19,23,24). The molecule has 0 bridgehead atoms. The Morgan fingerprint density at radius 3 is 2.68 bits per heavy atom. The minimum absolute atomic E-state index is 0.00269. The summed E-state index contributed by atoms with van der Waals surface area (Å²) in [6.45, 7) is 2.88. The van der Waals surface area contributed by atoms with Crippen LogP contribution in [-0.4, -0.2) is 28.9 Å². The van der Waals surface area contributed by atoms with E-state index in [1.165, 1.54) is 0 Å². The summed E-state index contributed by atoms with van der Waals surface area (Å²) < 4.78 is 24.2. The summed E-state index contributed by atoms with van der Waals surface area (Å²) >= 11 is 0. The molecule has 0 amide bonds. The lowest BCUT2D eigenvalue weighted by molar-refractivity contribution is 0.568. The highest BCUT2D eigenvalue weighted by Crippen LogP contribution is 2.31. The fraction of sp³-hybridized carbons (Fsp3) is 0.412. The van der Waals surface area contributed by atoms with Crippen LogP contribution in [0.5, 0.6) is 0 Å². The second-order valence-corrected chi connectivity index (χ2v) is 7.97. The topological polar surface area (TPSA) is 117 Å². The molecule has 1 aromatic carbocycles. The van der Waals surface area contributed by atoms with E-state index in [0.29, 0.717) is 17.8 Å². The van der Waals surface area contributed by atoms with Gasteiger partial charge >= 0.3 is 0 Å². The zero-order chi connectivity index (χ0) is 18.0. The first kappa shape index (κ1) is 17.6. The quantitative estimate of drug-likeness (QED) is 0.626. The van der Waals surface area contributed by atoms with Gasteiger partial charge in [0.15, 0.2) is 5.82 Å². The van der Waals surface area contributed by atoms with E-state index in [4.69, 9.17) is 10.9 Å². The number of nitrogens with two attached hydrogens (primary N) is 2. The minimum Gasteiger partial charge on any atom is -0.382 e. The fourth-order valence-corrected chi connectivity index (χ4v) is 3.78. The zero-order valence-corrected chi connectivity index (χ0v) is 15.1. The van der Waals surface area contributed by atoms with Gasteiger partial charge in [0.2, 0.25) is 10.0 Å². The molecule has 0 aliphatic carbocycles. The summed E-state index contributed by atoms with van der Waals surface area (Å²) in [4.78, 5) is 4.45. The Balaban J connectivity index is 2.05. The number of hydrogen-bond acceptors (Lipinski definition) is 5. The van der Waals surface area contributed by atoms with Crippen LogP contribution in [0.1, 0.15) is 31.9 Å². The van der Waals surface area contributed by atoms with Crippen molar-refractivity contribution in [3.8, 4) is 0 Å². The van der Waals surface area contributed by atoms with E-state index in [2.05, 4.69) is 17.0 Å². The number of hydrogen-bond donors (Lipinski definition) is 2. The van der Waals surface area contributed by atoms with E-state index in [-0.39, 0.29) is 5.75 Å². The molecule has 0 aliphatic heterocycles. The van der Waals surface area contributed by atoms with Gasteiger partial charge in [0, 0.05) is 23.0 Å². The van der Waals surface area contributed by atoms with Crippen molar-refractivity contribution < 1.29 is 8.42 Å². The number of para-hydroxylation sites is 1. The number of unbranched alkanes of at least 4 members (excludes halogenated alkanes) is 1. The third kappa shape index (κ3) is 3.74. The van der Waals surface area contributed by atoms with Crippen molar-refractivity contribution >= 4 is 37.6 Å². The number of nitrogen functional groups attached to an aromatic ring is 1. The van der Waals surface area contributed by atoms with Gasteiger partial charge in [0.25, 0.3) is 0 Å². The summed E-state index contributed by atoms with van der Waals surface area (Å²) in [7, 11) is -3.42. The Hall–Kier alpha value is -2.19. The van der Waals surface area contributed by atoms with E-state index in [9.17, 15) is 8.42 Å². The molecular weight excluding hydrogens is 338 g/mol. The van der Waals surface area contributed by atoms with Gasteiger partial charge in [-0.25, -0.2) is 18.5 Å². The summed E-state index contributed by atoms with van der Waals surface area (Å²) in [6.07, 6.45) is 2.91. The van der Waals surface area contributed by atoms with Crippen LogP contribution < -0.4 is 10.9 Å². The van der Waals surface area contributed by atoms with E-state index >= 15 is 0 Å². The van der Waals surface area contributed by atoms with Gasteiger partial charge in [-0.15, -0.1) is 0 Å². The van der Waals surface area contributed by atoms with Crippen molar-refractivity contribution in [1.29, 1.82) is 0 Å². The Bertz CT molecular complexity index is 1010. The first-order chi connectivity index (χ1) is 11.9. The molecule has 3 aromatic rings. The van der Waals surface area contributed by atoms with Crippen molar-refractivity contribution in [3.63, 3.8) is 0 Å². The van der Waals surface area contributed by atoms with E-state index in [1.807, 2.05) is 28.9 Å². The van der Waals surface area contributed by atoms with Crippen LogP contribution in [0.25, 0.3) is 21.8 Å². The average Bonchev–Trinajstić information content (AvgIpc) is 2.91. The van der Waals surface area contributed by atoms with Gasteiger partial charge in [-0.3, -0.25) is 4.68 Å². The van der Waals surface area contributed by atoms with Crippen molar-refractivity contribution in [2.45, 2.75) is 39.2 Å². The number of primary sulfonamides is 1. The first-order valence-corrected chi connectivity index (χ1v) is 10.2. The van der Waals surface area contributed by atoms with Gasteiger partial charge in [0.1, 0.15) is 5.52 Å². The SMILES string of the molecule is CCCn1nc2c(N)nc3ccccc3c2c1CCCCS(N)(=O)=O. The molecular formula is C17H23N5O2S. The van der Waals surface area contributed by atoms with Crippen LogP contribution >= 0.6 is 0 Å². The highest BCUT2D eigenvalue weighted by Gasteiger charge is 2.17. The number of anilines is 1. The van der Waals surface area contributed by atoms with E-state index < -0.39 is 10.0 Å². The van der Waals surface area contributed by atoms with Crippen LogP contribution in [0.3, 0.4) is 0 Å². The van der Waals surface area contributed by atoms with Crippen molar-refractivity contribution in [1.82, 2.24) is 14.8 Å². The maximum Gasteiger partial charge on any atom is 0.209 e. The molecule has 7 nitrogen and oxygen atoms in total. The Morgan fingerprint density at radius 2 is 1.96 bits per heavy atom. The largest absolute Gasteiger partial charge is 0.382 e. The average molecular weight is 361 g/mol. The lowest BCUT2D eigenvalue weighted by Crippen LogP contribution is -2.16. The lowest BCUT2D eigenvalue weighted by Gasteiger charge is -2.08. The molecule has 3 rings (SSSR count). The summed E-state index contributed by atoms with van der Waals surface area (Å²) in [5.41, 5.74) is 8.77. The third-order valence-electron chi connectivity index (χ3n) is 4.24. The number of aromatic nitrogens is 3. The Morgan fingerprint density at radius 1 is 1.20 bits per heavy atom. The van der Waals surface area contributed by atoms with Gasteiger partial charge in [-0.05, 0) is 31.7 Å². The number of aryl methyl sites for hydroxylation is 2. The molecule has 0 spiro atoms. The smallest absolute Gasteiger partial charge is 0.209 e. The number of nitrogens with zero attached hydrogens (tertiary/aromatic N) is 3.